The van der Waals surface area contributed by atoms with E-state index in [4.69, 9.17) is 0 Å². The van der Waals surface area contributed by atoms with Gasteiger partial charge < -0.3 is 5.32 Å². The lowest BCUT2D eigenvalue weighted by molar-refractivity contribution is 0.320. The van der Waals surface area contributed by atoms with Crippen molar-refractivity contribution in [3.05, 3.63) is 23.9 Å². The molecule has 0 spiro atoms. The van der Waals surface area contributed by atoms with Crippen molar-refractivity contribution in [3.8, 4) is 0 Å². The highest BCUT2D eigenvalue weighted by Gasteiger charge is 2.28. The van der Waals surface area contributed by atoms with Gasteiger partial charge in [-0.1, -0.05) is 26.8 Å². The zero-order valence-corrected chi connectivity index (χ0v) is 9.17. The minimum Gasteiger partial charge on any atom is -0.367 e. The van der Waals surface area contributed by atoms with E-state index in [9.17, 15) is 0 Å². The second-order valence-corrected chi connectivity index (χ2v) is 5.11. The zero-order valence-electron chi connectivity index (χ0n) is 9.17. The molecular formula is C12H18N2. The molecule has 2 nitrogen and oxygen atoms in total. The van der Waals surface area contributed by atoms with E-state index < -0.39 is 0 Å². The first kappa shape index (κ1) is 9.50. The molecule has 2 heteroatoms. The van der Waals surface area contributed by atoms with Crippen LogP contribution in [0.15, 0.2) is 18.3 Å². The fourth-order valence-electron chi connectivity index (χ4n) is 1.96. The van der Waals surface area contributed by atoms with Crippen molar-refractivity contribution in [1.29, 1.82) is 0 Å². The van der Waals surface area contributed by atoms with Gasteiger partial charge in [0.15, 0.2) is 0 Å². The predicted octanol–water partition coefficient (Wildman–Crippen LogP) is 2.85. The molecule has 2 rings (SSSR count). The number of rotatable bonds is 0. The van der Waals surface area contributed by atoms with Crippen LogP contribution in [0.3, 0.4) is 0 Å². The van der Waals surface area contributed by atoms with Crippen LogP contribution in [0.4, 0.5) is 5.82 Å². The molecule has 0 saturated heterocycles. The van der Waals surface area contributed by atoms with Gasteiger partial charge >= 0.3 is 0 Å². The number of aryl methyl sites for hydroxylation is 1. The minimum atomic E-state index is 0.315. The monoisotopic (exact) mass is 190 g/mol. The van der Waals surface area contributed by atoms with E-state index in [1.807, 2.05) is 12.3 Å². The summed E-state index contributed by atoms with van der Waals surface area (Å²) in [4.78, 5) is 4.37. The Morgan fingerprint density at radius 3 is 2.93 bits per heavy atom. The van der Waals surface area contributed by atoms with E-state index in [2.05, 4.69) is 37.1 Å². The molecule has 0 aliphatic carbocycles. The molecule has 14 heavy (non-hydrogen) atoms. The molecule has 0 fully saturated rings. The molecule has 1 aromatic rings. The van der Waals surface area contributed by atoms with Crippen molar-refractivity contribution in [3.63, 3.8) is 0 Å². The minimum absolute atomic E-state index is 0.315. The third-order valence-electron chi connectivity index (χ3n) is 2.95. The van der Waals surface area contributed by atoms with Gasteiger partial charge in [-0.05, 0) is 29.9 Å². The summed E-state index contributed by atoms with van der Waals surface area (Å²) in [7, 11) is 0. The fraction of sp³-hybridized carbons (Fsp3) is 0.583. The second kappa shape index (κ2) is 3.26. The molecule has 1 aliphatic rings. The Labute approximate surface area is 85.7 Å². The number of pyridine rings is 1. The van der Waals surface area contributed by atoms with E-state index in [0.29, 0.717) is 11.5 Å². The largest absolute Gasteiger partial charge is 0.367 e. The first-order chi connectivity index (χ1) is 6.57. The molecule has 0 aromatic carbocycles. The Kier molecular flexibility index (Phi) is 2.22. The summed E-state index contributed by atoms with van der Waals surface area (Å²) in [6.07, 6.45) is 4.22. The Morgan fingerprint density at radius 2 is 2.21 bits per heavy atom. The van der Waals surface area contributed by atoms with Crippen molar-refractivity contribution in [2.75, 3.05) is 5.32 Å². The fourth-order valence-corrected chi connectivity index (χ4v) is 1.96. The van der Waals surface area contributed by atoms with Crippen molar-refractivity contribution < 1.29 is 0 Å². The highest BCUT2D eigenvalue weighted by molar-refractivity contribution is 5.47. The smallest absolute Gasteiger partial charge is 0.129 e. The molecular weight excluding hydrogens is 172 g/mol. The molecule has 1 atom stereocenters. The maximum atomic E-state index is 4.37. The van der Waals surface area contributed by atoms with Gasteiger partial charge in [0.2, 0.25) is 0 Å². The third-order valence-corrected chi connectivity index (χ3v) is 2.95. The van der Waals surface area contributed by atoms with Gasteiger partial charge in [0.25, 0.3) is 0 Å². The average molecular weight is 190 g/mol. The lowest BCUT2D eigenvalue weighted by atomic mass is 9.81. The van der Waals surface area contributed by atoms with Gasteiger partial charge in [-0.15, -0.1) is 0 Å². The van der Waals surface area contributed by atoms with Crippen LogP contribution in [0, 0.1) is 5.41 Å². The molecule has 0 bridgehead atoms. The highest BCUT2D eigenvalue weighted by atomic mass is 15.0. The molecule has 1 N–H and O–H groups in total. The van der Waals surface area contributed by atoms with Crippen LogP contribution >= 0.6 is 0 Å². The summed E-state index contributed by atoms with van der Waals surface area (Å²) in [5.74, 6) is 1.08. The molecule has 0 radical (unpaired) electrons. The quantitative estimate of drug-likeness (QED) is 0.680. The second-order valence-electron chi connectivity index (χ2n) is 5.11. The molecule has 0 amide bonds. The maximum absolute atomic E-state index is 4.37. The molecule has 0 saturated carbocycles. The lowest BCUT2D eigenvalue weighted by Crippen LogP contribution is -2.37. The average Bonchev–Trinajstić information content (AvgIpc) is 2.16. The van der Waals surface area contributed by atoms with Gasteiger partial charge in [-0.3, -0.25) is 0 Å². The van der Waals surface area contributed by atoms with E-state index in [1.54, 1.807) is 0 Å². The van der Waals surface area contributed by atoms with Crippen molar-refractivity contribution >= 4 is 5.82 Å². The van der Waals surface area contributed by atoms with Crippen LogP contribution in [0.5, 0.6) is 0 Å². The van der Waals surface area contributed by atoms with Crippen LogP contribution in [0.1, 0.15) is 32.8 Å². The van der Waals surface area contributed by atoms with Gasteiger partial charge in [0, 0.05) is 12.2 Å². The Bertz CT molecular complexity index is 325. The molecule has 1 unspecified atom stereocenters. The number of aromatic nitrogens is 1. The SMILES string of the molecule is CC(C)(C)C1CCc2cccnc2N1. The topological polar surface area (TPSA) is 24.9 Å². The molecule has 76 valence electrons. The van der Waals surface area contributed by atoms with E-state index in [1.165, 1.54) is 12.0 Å². The Hall–Kier alpha value is -1.05. The van der Waals surface area contributed by atoms with Crippen molar-refractivity contribution in [2.45, 2.75) is 39.7 Å². The summed E-state index contributed by atoms with van der Waals surface area (Å²) < 4.78 is 0. The summed E-state index contributed by atoms with van der Waals surface area (Å²) in [5.41, 5.74) is 1.67. The number of hydrogen-bond donors (Lipinski definition) is 1. The van der Waals surface area contributed by atoms with Gasteiger partial charge in [-0.2, -0.15) is 0 Å². The van der Waals surface area contributed by atoms with E-state index in [0.717, 1.165) is 12.2 Å². The molecule has 1 aromatic heterocycles. The number of fused-ring (bicyclic) bond motifs is 1. The van der Waals surface area contributed by atoms with Crippen molar-refractivity contribution in [1.82, 2.24) is 4.98 Å². The van der Waals surface area contributed by atoms with E-state index in [-0.39, 0.29) is 0 Å². The van der Waals surface area contributed by atoms with Gasteiger partial charge in [0.1, 0.15) is 5.82 Å². The van der Waals surface area contributed by atoms with Crippen LogP contribution < -0.4 is 5.32 Å². The number of nitrogens with zero attached hydrogens (tertiary/aromatic N) is 1. The van der Waals surface area contributed by atoms with Crippen LogP contribution in [0.25, 0.3) is 0 Å². The zero-order chi connectivity index (χ0) is 10.2. The number of nitrogens with one attached hydrogen (secondary N) is 1. The molecule has 1 aliphatic heterocycles. The lowest BCUT2D eigenvalue weighted by Gasteiger charge is -2.35. The standard InChI is InChI=1S/C12H18N2/c1-12(2,3)10-7-6-9-5-4-8-13-11(9)14-10/h4-5,8,10H,6-7H2,1-3H3,(H,13,14). The predicted molar refractivity (Wildman–Crippen MR) is 59.4 cm³/mol. The Morgan fingerprint density at radius 1 is 1.43 bits per heavy atom. The van der Waals surface area contributed by atoms with Crippen LogP contribution in [-0.2, 0) is 6.42 Å². The van der Waals surface area contributed by atoms with Crippen LogP contribution in [0.2, 0.25) is 0 Å². The first-order valence-electron chi connectivity index (χ1n) is 5.28. The summed E-state index contributed by atoms with van der Waals surface area (Å²) >= 11 is 0. The highest BCUT2D eigenvalue weighted by Crippen LogP contribution is 2.31. The summed E-state index contributed by atoms with van der Waals surface area (Å²) in [6.45, 7) is 6.83. The maximum Gasteiger partial charge on any atom is 0.129 e. The van der Waals surface area contributed by atoms with Crippen molar-refractivity contribution in [2.24, 2.45) is 5.41 Å². The van der Waals surface area contributed by atoms with Crippen LogP contribution in [-0.4, -0.2) is 11.0 Å². The first-order valence-corrected chi connectivity index (χ1v) is 5.28. The summed E-state index contributed by atoms with van der Waals surface area (Å²) in [5, 5.41) is 3.53. The third kappa shape index (κ3) is 1.74. The van der Waals surface area contributed by atoms with E-state index >= 15 is 0 Å². The Balaban J connectivity index is 2.22. The number of hydrogen-bond acceptors (Lipinski definition) is 2. The molecule has 2 heterocycles. The van der Waals surface area contributed by atoms with Gasteiger partial charge in [0.05, 0.1) is 0 Å². The summed E-state index contributed by atoms with van der Waals surface area (Å²) in [6, 6.07) is 4.72. The van der Waals surface area contributed by atoms with Gasteiger partial charge in [-0.25, -0.2) is 4.98 Å². The number of anilines is 1. The normalized spacial score (nSPS) is 21.2.